The van der Waals surface area contributed by atoms with E-state index in [1.165, 1.54) is 5.17 Å². The molecule has 0 fully saturated rings. The van der Waals surface area contributed by atoms with E-state index < -0.39 is 0 Å². The Morgan fingerprint density at radius 2 is 2.15 bits per heavy atom. The fourth-order valence-electron chi connectivity index (χ4n) is 1.22. The monoisotopic (exact) mass is 177 g/mol. The number of nitrogens with zero attached hydrogens (tertiary/aromatic N) is 1. The van der Waals surface area contributed by atoms with Gasteiger partial charge in [-0.15, -0.1) is 0 Å². The Bertz CT molecular complexity index is 348. The van der Waals surface area contributed by atoms with Crippen LogP contribution in [0.1, 0.15) is 5.56 Å². The molecule has 4 nitrogen and oxygen atoms in total. The topological polar surface area (TPSA) is 50.5 Å². The minimum atomic E-state index is 0.736. The molecule has 1 heterocycles. The van der Waals surface area contributed by atoms with Gasteiger partial charge >= 0.3 is 0 Å². The van der Waals surface area contributed by atoms with Gasteiger partial charge in [-0.2, -0.15) is 0 Å². The van der Waals surface area contributed by atoms with E-state index in [0.717, 1.165) is 16.9 Å². The minimum Gasteiger partial charge on any atom is -0.398 e. The third kappa shape index (κ3) is 1.43. The Morgan fingerprint density at radius 3 is 2.77 bits per heavy atom. The van der Waals surface area contributed by atoms with Gasteiger partial charge in [-0.3, -0.25) is 5.43 Å². The predicted molar refractivity (Wildman–Crippen MR) is 50.8 cm³/mol. The molecule has 0 saturated heterocycles. The summed E-state index contributed by atoms with van der Waals surface area (Å²) < 4.78 is 0. The highest BCUT2D eigenvalue weighted by atomic mass is 16.7. The number of nitrogens with two attached hydrogens (primary N) is 1. The first-order valence-electron chi connectivity index (χ1n) is 3.99. The molecule has 1 aliphatic rings. The van der Waals surface area contributed by atoms with Gasteiger partial charge in [-0.1, -0.05) is 23.4 Å². The second-order valence-corrected chi connectivity index (χ2v) is 2.83. The lowest BCUT2D eigenvalue weighted by Gasteiger charge is -2.09. The molecule has 0 aromatic heterocycles. The number of rotatable bonds is 1. The zero-order chi connectivity index (χ0) is 9.26. The van der Waals surface area contributed by atoms with E-state index in [1.807, 2.05) is 24.3 Å². The minimum absolute atomic E-state index is 0.736. The molecule has 0 saturated carbocycles. The molecule has 0 bridgehead atoms. The molecular formula is C9H11N3O. The largest absolute Gasteiger partial charge is 0.398 e. The summed E-state index contributed by atoms with van der Waals surface area (Å²) >= 11 is 0. The fraction of sp³-hybridized carbons (Fsp3) is 0.111. The Kier molecular flexibility index (Phi) is 1.83. The van der Waals surface area contributed by atoms with Crippen LogP contribution in [0.2, 0.25) is 0 Å². The van der Waals surface area contributed by atoms with Crippen LogP contribution in [0.5, 0.6) is 0 Å². The molecule has 0 aliphatic carbocycles. The Labute approximate surface area is 76.5 Å². The van der Waals surface area contributed by atoms with Gasteiger partial charge in [0.25, 0.3) is 0 Å². The van der Waals surface area contributed by atoms with Gasteiger partial charge in [0.05, 0.1) is 5.70 Å². The number of anilines is 1. The number of hydrogen-bond donors (Lipinski definition) is 2. The number of nitrogens with one attached hydrogen (secondary N) is 1. The lowest BCUT2D eigenvalue weighted by Crippen LogP contribution is -2.25. The average Bonchev–Trinajstić information content (AvgIpc) is 2.53. The van der Waals surface area contributed by atoms with Gasteiger partial charge < -0.3 is 10.6 Å². The van der Waals surface area contributed by atoms with Crippen molar-refractivity contribution in [3.8, 4) is 0 Å². The molecule has 0 spiro atoms. The third-order valence-electron chi connectivity index (χ3n) is 1.86. The van der Waals surface area contributed by atoms with E-state index in [1.54, 1.807) is 13.3 Å². The smallest absolute Gasteiger partial charge is 0.139 e. The first-order valence-corrected chi connectivity index (χ1v) is 3.99. The van der Waals surface area contributed by atoms with Gasteiger partial charge in [-0.25, -0.2) is 0 Å². The van der Waals surface area contributed by atoms with Crippen molar-refractivity contribution in [2.45, 2.75) is 0 Å². The lowest BCUT2D eigenvalue weighted by atomic mass is 10.1. The maximum absolute atomic E-state index is 5.79. The van der Waals surface area contributed by atoms with Crippen LogP contribution in [0.4, 0.5) is 5.69 Å². The fourth-order valence-corrected chi connectivity index (χ4v) is 1.22. The van der Waals surface area contributed by atoms with Crippen molar-refractivity contribution in [1.82, 2.24) is 10.6 Å². The van der Waals surface area contributed by atoms with Crippen LogP contribution in [-0.4, -0.2) is 12.2 Å². The molecule has 2 rings (SSSR count). The molecule has 0 atom stereocenters. The van der Waals surface area contributed by atoms with Crippen molar-refractivity contribution < 1.29 is 4.84 Å². The van der Waals surface area contributed by atoms with Crippen LogP contribution >= 0.6 is 0 Å². The van der Waals surface area contributed by atoms with Gasteiger partial charge in [-0.05, 0) is 6.07 Å². The molecular weight excluding hydrogens is 166 g/mol. The molecule has 1 aromatic carbocycles. The summed E-state index contributed by atoms with van der Waals surface area (Å²) in [5.41, 5.74) is 11.4. The van der Waals surface area contributed by atoms with Crippen molar-refractivity contribution in [3.63, 3.8) is 0 Å². The quantitative estimate of drug-likeness (QED) is 0.627. The van der Waals surface area contributed by atoms with Crippen molar-refractivity contribution in [2.24, 2.45) is 0 Å². The summed E-state index contributed by atoms with van der Waals surface area (Å²) in [5.74, 6) is 0. The first kappa shape index (κ1) is 7.94. The summed E-state index contributed by atoms with van der Waals surface area (Å²) in [6, 6.07) is 7.64. The van der Waals surface area contributed by atoms with Gasteiger partial charge in [0, 0.05) is 18.3 Å². The number of para-hydroxylation sites is 1. The van der Waals surface area contributed by atoms with Crippen LogP contribution in [0.25, 0.3) is 5.70 Å². The van der Waals surface area contributed by atoms with E-state index in [0.29, 0.717) is 0 Å². The van der Waals surface area contributed by atoms with Crippen molar-refractivity contribution in [1.29, 1.82) is 0 Å². The summed E-state index contributed by atoms with van der Waals surface area (Å²) in [7, 11) is 1.78. The number of nitrogen functional groups attached to an aromatic ring is 1. The SMILES string of the molecule is CN1NC(c2ccccc2N)=CO1. The maximum atomic E-state index is 5.79. The molecule has 3 N–H and O–H groups in total. The highest BCUT2D eigenvalue weighted by molar-refractivity contribution is 5.73. The summed E-state index contributed by atoms with van der Waals surface area (Å²) in [6.45, 7) is 0. The van der Waals surface area contributed by atoms with Crippen LogP contribution in [0.3, 0.4) is 0 Å². The van der Waals surface area contributed by atoms with Crippen molar-refractivity contribution in [3.05, 3.63) is 36.1 Å². The predicted octanol–water partition coefficient (Wildman–Crippen LogP) is 0.949. The standard InChI is InChI=1S/C9H11N3O/c1-12-11-9(6-13-12)7-4-2-3-5-8(7)10/h2-6,11H,10H2,1H3. The zero-order valence-electron chi connectivity index (χ0n) is 7.32. The summed E-state index contributed by atoms with van der Waals surface area (Å²) in [4.78, 5) is 5.08. The average molecular weight is 177 g/mol. The molecule has 4 heteroatoms. The number of benzene rings is 1. The number of hydroxylamine groups is 1. The molecule has 13 heavy (non-hydrogen) atoms. The second kappa shape index (κ2) is 2.99. The van der Waals surface area contributed by atoms with Crippen molar-refractivity contribution in [2.75, 3.05) is 12.8 Å². The third-order valence-corrected chi connectivity index (χ3v) is 1.86. The zero-order valence-corrected chi connectivity index (χ0v) is 7.32. The van der Waals surface area contributed by atoms with Crippen LogP contribution in [0, 0.1) is 0 Å². The molecule has 1 aromatic rings. The van der Waals surface area contributed by atoms with E-state index >= 15 is 0 Å². The Balaban J connectivity index is 2.31. The molecule has 0 radical (unpaired) electrons. The normalized spacial score (nSPS) is 16.2. The van der Waals surface area contributed by atoms with E-state index in [9.17, 15) is 0 Å². The van der Waals surface area contributed by atoms with Gasteiger partial charge in [0.2, 0.25) is 0 Å². The van der Waals surface area contributed by atoms with E-state index in [-0.39, 0.29) is 0 Å². The Morgan fingerprint density at radius 1 is 1.38 bits per heavy atom. The highest BCUT2D eigenvalue weighted by Crippen LogP contribution is 2.21. The van der Waals surface area contributed by atoms with Crippen LogP contribution in [-0.2, 0) is 4.84 Å². The molecule has 0 unspecified atom stereocenters. The summed E-state index contributed by atoms with van der Waals surface area (Å²) in [5, 5.41) is 1.52. The van der Waals surface area contributed by atoms with Crippen LogP contribution < -0.4 is 11.2 Å². The maximum Gasteiger partial charge on any atom is 0.139 e. The van der Waals surface area contributed by atoms with Crippen LogP contribution in [0.15, 0.2) is 30.5 Å². The summed E-state index contributed by atoms with van der Waals surface area (Å²) in [6.07, 6.45) is 1.63. The van der Waals surface area contributed by atoms with E-state index in [2.05, 4.69) is 5.43 Å². The molecule has 0 amide bonds. The second-order valence-electron chi connectivity index (χ2n) is 2.83. The van der Waals surface area contributed by atoms with Crippen molar-refractivity contribution >= 4 is 11.4 Å². The highest BCUT2D eigenvalue weighted by Gasteiger charge is 2.13. The molecule has 1 aliphatic heterocycles. The Hall–Kier alpha value is -1.68. The van der Waals surface area contributed by atoms with Gasteiger partial charge in [0.15, 0.2) is 0 Å². The van der Waals surface area contributed by atoms with Gasteiger partial charge in [0.1, 0.15) is 6.26 Å². The first-order chi connectivity index (χ1) is 6.27. The molecule has 68 valence electrons. The number of hydrogen-bond acceptors (Lipinski definition) is 4. The van der Waals surface area contributed by atoms with E-state index in [4.69, 9.17) is 10.6 Å². The number of hydrazine groups is 1. The lowest BCUT2D eigenvalue weighted by molar-refractivity contribution is -0.0866.